The zero-order valence-electron chi connectivity index (χ0n) is 17.0. The number of aliphatic hydroxyl groups excluding tert-OH is 2. The van der Waals surface area contributed by atoms with Crippen molar-refractivity contribution in [3.8, 4) is 0 Å². The van der Waals surface area contributed by atoms with E-state index in [1.54, 1.807) is 0 Å². The van der Waals surface area contributed by atoms with Crippen LogP contribution in [-0.4, -0.2) is 46.2 Å². The molecule has 0 saturated heterocycles. The maximum atomic E-state index is 11.7. The Kier molecular flexibility index (Phi) is 18.0. The van der Waals surface area contributed by atoms with Gasteiger partial charge >= 0.3 is 11.9 Å². The zero-order valence-corrected chi connectivity index (χ0v) is 17.8. The number of hydrogen-bond donors (Lipinski definition) is 2. The molecule has 2 unspecified atom stereocenters. The van der Waals surface area contributed by atoms with Crippen molar-refractivity contribution in [2.45, 2.75) is 102 Å². The van der Waals surface area contributed by atoms with Gasteiger partial charge in [-0.1, -0.05) is 89.8 Å². The molecule has 6 nitrogen and oxygen atoms in total. The molecule has 0 bridgehead atoms. The lowest BCUT2D eigenvalue weighted by Crippen LogP contribution is -2.28. The van der Waals surface area contributed by atoms with Crippen LogP contribution in [0, 0.1) is 0 Å². The van der Waals surface area contributed by atoms with Crippen LogP contribution in [0.5, 0.6) is 0 Å². The van der Waals surface area contributed by atoms with E-state index >= 15 is 0 Å². The van der Waals surface area contributed by atoms with Crippen LogP contribution >= 0.6 is 11.8 Å². The Bertz CT molecular complexity index is 343. The summed E-state index contributed by atoms with van der Waals surface area (Å²) in [6, 6.07) is 0. The molecule has 0 radical (unpaired) electrons. The fourth-order valence-corrected chi connectivity index (χ4v) is 3.09. The smallest absolute Gasteiger partial charge is 0.345 e. The minimum atomic E-state index is -1.60. The van der Waals surface area contributed by atoms with Gasteiger partial charge in [0, 0.05) is 0 Å². The van der Waals surface area contributed by atoms with Crippen LogP contribution in [0.3, 0.4) is 0 Å². The Morgan fingerprint density at radius 2 is 1.00 bits per heavy atom. The Balaban J connectivity index is 3.73. The molecule has 0 aromatic rings. The molecule has 0 rings (SSSR count). The van der Waals surface area contributed by atoms with Crippen molar-refractivity contribution in [1.82, 2.24) is 0 Å². The van der Waals surface area contributed by atoms with Crippen LogP contribution in [0.4, 0.5) is 0 Å². The number of unbranched alkanes of at least 4 members (excludes halogenated alkanes) is 10. The highest BCUT2D eigenvalue weighted by Crippen LogP contribution is 2.17. The molecule has 0 spiro atoms. The topological polar surface area (TPSA) is 93.1 Å². The van der Waals surface area contributed by atoms with E-state index in [1.165, 1.54) is 38.5 Å². The van der Waals surface area contributed by atoms with Crippen molar-refractivity contribution in [2.24, 2.45) is 0 Å². The van der Waals surface area contributed by atoms with Crippen molar-refractivity contribution < 1.29 is 29.3 Å². The van der Waals surface area contributed by atoms with E-state index in [9.17, 15) is 19.8 Å². The largest absolute Gasteiger partial charge is 0.463 e. The average molecular weight is 407 g/mol. The monoisotopic (exact) mass is 406 g/mol. The second kappa shape index (κ2) is 18.6. The number of aliphatic hydroxyl groups is 2. The predicted octanol–water partition coefficient (Wildman–Crippen LogP) is 4.16. The molecule has 2 N–H and O–H groups in total. The fraction of sp³-hybridized carbons (Fsp3) is 0.900. The molecule has 0 aromatic heterocycles. The van der Waals surface area contributed by atoms with E-state index in [2.05, 4.69) is 13.8 Å². The lowest BCUT2D eigenvalue weighted by Gasteiger charge is -2.14. The van der Waals surface area contributed by atoms with Crippen LogP contribution in [0.1, 0.15) is 90.9 Å². The summed E-state index contributed by atoms with van der Waals surface area (Å²) >= 11 is 0.428. The lowest BCUT2D eigenvalue weighted by molar-refractivity contribution is -0.149. The molecule has 0 aromatic carbocycles. The first kappa shape index (κ1) is 26.2. The van der Waals surface area contributed by atoms with Gasteiger partial charge in [-0.3, -0.25) is 0 Å². The molecule has 27 heavy (non-hydrogen) atoms. The number of carbonyl (C=O) groups is 2. The Morgan fingerprint density at radius 3 is 1.37 bits per heavy atom. The normalized spacial score (nSPS) is 13.2. The van der Waals surface area contributed by atoms with Gasteiger partial charge in [-0.15, -0.1) is 0 Å². The van der Waals surface area contributed by atoms with Gasteiger partial charge in [0.25, 0.3) is 0 Å². The molecule has 7 heteroatoms. The molecule has 0 fully saturated rings. The SMILES string of the molecule is CCCCCCCCOC(=O)C(O)SC(O)C(=O)OCCCCCCCC. The first-order valence-corrected chi connectivity index (χ1v) is 11.3. The summed E-state index contributed by atoms with van der Waals surface area (Å²) in [6.07, 6.45) is 12.8. The molecule has 0 heterocycles. The number of rotatable bonds is 18. The molecular formula is C20H38O6S. The molecular weight excluding hydrogens is 368 g/mol. The van der Waals surface area contributed by atoms with Crippen molar-refractivity contribution >= 4 is 23.7 Å². The van der Waals surface area contributed by atoms with Gasteiger partial charge in [-0.2, -0.15) is 0 Å². The van der Waals surface area contributed by atoms with Gasteiger partial charge in [0.2, 0.25) is 10.9 Å². The molecule has 160 valence electrons. The van der Waals surface area contributed by atoms with Gasteiger partial charge in [0.15, 0.2) is 0 Å². The van der Waals surface area contributed by atoms with Crippen molar-refractivity contribution in [3.05, 3.63) is 0 Å². The van der Waals surface area contributed by atoms with Crippen LogP contribution in [0.2, 0.25) is 0 Å². The molecule has 0 aliphatic heterocycles. The zero-order chi connectivity index (χ0) is 20.3. The second-order valence-corrected chi connectivity index (χ2v) is 7.88. The fourth-order valence-electron chi connectivity index (χ4n) is 2.49. The maximum absolute atomic E-state index is 11.7. The third-order valence-corrected chi connectivity index (χ3v) is 5.05. The molecule has 2 atom stereocenters. The van der Waals surface area contributed by atoms with Crippen molar-refractivity contribution in [3.63, 3.8) is 0 Å². The van der Waals surface area contributed by atoms with Gasteiger partial charge < -0.3 is 19.7 Å². The lowest BCUT2D eigenvalue weighted by atomic mass is 10.1. The van der Waals surface area contributed by atoms with E-state index in [0.29, 0.717) is 11.8 Å². The Hall–Kier alpha value is -0.790. The summed E-state index contributed by atoms with van der Waals surface area (Å²) in [5, 5.41) is 19.4. The third-order valence-electron chi connectivity index (χ3n) is 4.15. The highest BCUT2D eigenvalue weighted by Gasteiger charge is 2.26. The first-order valence-electron chi connectivity index (χ1n) is 10.4. The molecule has 0 amide bonds. The maximum Gasteiger partial charge on any atom is 0.345 e. The van der Waals surface area contributed by atoms with Crippen molar-refractivity contribution in [1.29, 1.82) is 0 Å². The molecule has 0 aliphatic rings. The predicted molar refractivity (Wildman–Crippen MR) is 108 cm³/mol. The number of hydrogen-bond acceptors (Lipinski definition) is 7. The summed E-state index contributed by atoms with van der Waals surface area (Å²) in [6.45, 7) is 4.78. The summed E-state index contributed by atoms with van der Waals surface area (Å²) < 4.78 is 9.93. The van der Waals surface area contributed by atoms with Crippen LogP contribution < -0.4 is 0 Å². The summed E-state index contributed by atoms with van der Waals surface area (Å²) in [5.74, 6) is -1.67. The second-order valence-electron chi connectivity index (χ2n) is 6.71. The quantitative estimate of drug-likeness (QED) is 0.200. The van der Waals surface area contributed by atoms with E-state index < -0.39 is 22.8 Å². The summed E-state index contributed by atoms with van der Waals surface area (Å²) in [4.78, 5) is 23.3. The minimum Gasteiger partial charge on any atom is -0.463 e. The van der Waals surface area contributed by atoms with Crippen LogP contribution in [0.25, 0.3) is 0 Å². The van der Waals surface area contributed by atoms with E-state index in [4.69, 9.17) is 9.47 Å². The highest BCUT2D eigenvalue weighted by molar-refractivity contribution is 8.01. The third kappa shape index (κ3) is 15.9. The van der Waals surface area contributed by atoms with E-state index in [0.717, 1.165) is 38.5 Å². The highest BCUT2D eigenvalue weighted by atomic mass is 32.2. The van der Waals surface area contributed by atoms with Gasteiger partial charge in [0.1, 0.15) is 0 Å². The van der Waals surface area contributed by atoms with Gasteiger partial charge in [0.05, 0.1) is 13.2 Å². The summed E-state index contributed by atoms with van der Waals surface area (Å²) in [7, 11) is 0. The number of esters is 2. The van der Waals surface area contributed by atoms with Gasteiger partial charge in [-0.25, -0.2) is 9.59 Å². The number of carbonyl (C=O) groups excluding carboxylic acids is 2. The number of thioether (sulfide) groups is 1. The average Bonchev–Trinajstić information content (AvgIpc) is 2.66. The molecule has 0 saturated carbocycles. The summed E-state index contributed by atoms with van der Waals surface area (Å²) in [5.41, 5.74) is -3.19. The standard InChI is InChI=1S/C20H38O6S/c1-3-5-7-9-11-13-15-25-17(21)19(23)27-20(24)18(22)26-16-14-12-10-8-6-4-2/h19-20,23-24H,3-16H2,1-2H3. The van der Waals surface area contributed by atoms with Crippen molar-refractivity contribution in [2.75, 3.05) is 13.2 Å². The molecule has 0 aliphatic carbocycles. The van der Waals surface area contributed by atoms with E-state index in [-0.39, 0.29) is 13.2 Å². The Labute approximate surface area is 168 Å². The van der Waals surface area contributed by atoms with Crippen LogP contribution in [-0.2, 0) is 19.1 Å². The first-order chi connectivity index (χ1) is 13.0. The van der Waals surface area contributed by atoms with Gasteiger partial charge in [-0.05, 0) is 12.8 Å². The Morgan fingerprint density at radius 1 is 0.667 bits per heavy atom. The van der Waals surface area contributed by atoms with E-state index in [1.807, 2.05) is 0 Å². The van der Waals surface area contributed by atoms with Crippen LogP contribution in [0.15, 0.2) is 0 Å². The minimum absolute atomic E-state index is 0.237. The number of ether oxygens (including phenoxy) is 2.